The molecule has 0 aliphatic heterocycles. The SMILES string of the molecule is COC(=O)c1cc(N)cn1CC(=O)Nc1ccc(F)cc1. The lowest BCUT2D eigenvalue weighted by molar-refractivity contribution is -0.116. The zero-order valence-electron chi connectivity index (χ0n) is 11.3. The number of ether oxygens (including phenoxy) is 1. The fourth-order valence-electron chi connectivity index (χ4n) is 1.83. The second kappa shape index (κ2) is 6.08. The Kier molecular flexibility index (Phi) is 4.22. The van der Waals surface area contributed by atoms with E-state index in [2.05, 4.69) is 10.1 Å². The maximum Gasteiger partial charge on any atom is 0.354 e. The van der Waals surface area contributed by atoms with Crippen LogP contribution in [0, 0.1) is 5.82 Å². The zero-order chi connectivity index (χ0) is 15.4. The summed E-state index contributed by atoms with van der Waals surface area (Å²) in [6, 6.07) is 6.79. The van der Waals surface area contributed by atoms with Gasteiger partial charge in [0.2, 0.25) is 5.91 Å². The summed E-state index contributed by atoms with van der Waals surface area (Å²) in [6.45, 7) is -0.112. The van der Waals surface area contributed by atoms with E-state index >= 15 is 0 Å². The Bertz CT molecular complexity index is 665. The molecule has 0 bridgehead atoms. The fraction of sp³-hybridized carbons (Fsp3) is 0.143. The molecule has 1 aromatic carbocycles. The van der Waals surface area contributed by atoms with Crippen LogP contribution >= 0.6 is 0 Å². The topological polar surface area (TPSA) is 86.3 Å². The highest BCUT2D eigenvalue weighted by Crippen LogP contribution is 2.13. The van der Waals surface area contributed by atoms with Crippen LogP contribution in [-0.2, 0) is 16.1 Å². The minimum absolute atomic E-state index is 0.112. The molecule has 0 aliphatic carbocycles. The molecule has 0 fully saturated rings. The first-order valence-corrected chi connectivity index (χ1v) is 6.09. The zero-order valence-corrected chi connectivity index (χ0v) is 11.3. The Labute approximate surface area is 120 Å². The van der Waals surface area contributed by atoms with Gasteiger partial charge >= 0.3 is 5.97 Å². The molecule has 0 radical (unpaired) electrons. The first-order chi connectivity index (χ1) is 9.99. The summed E-state index contributed by atoms with van der Waals surface area (Å²) in [6.07, 6.45) is 1.47. The summed E-state index contributed by atoms with van der Waals surface area (Å²) in [7, 11) is 1.24. The van der Waals surface area contributed by atoms with Gasteiger partial charge in [0, 0.05) is 11.9 Å². The number of benzene rings is 1. The number of aromatic nitrogens is 1. The van der Waals surface area contributed by atoms with Crippen LogP contribution in [0.5, 0.6) is 0 Å². The van der Waals surface area contributed by atoms with Gasteiger partial charge < -0.3 is 20.4 Å². The minimum atomic E-state index is -0.582. The number of nitrogens with zero attached hydrogens (tertiary/aromatic N) is 1. The molecule has 21 heavy (non-hydrogen) atoms. The van der Waals surface area contributed by atoms with Gasteiger partial charge in [-0.15, -0.1) is 0 Å². The monoisotopic (exact) mass is 291 g/mol. The number of amides is 1. The molecule has 0 saturated carbocycles. The van der Waals surface area contributed by atoms with E-state index in [0.29, 0.717) is 11.4 Å². The number of hydrogen-bond donors (Lipinski definition) is 2. The van der Waals surface area contributed by atoms with Gasteiger partial charge in [0.1, 0.15) is 18.1 Å². The predicted molar refractivity (Wildman–Crippen MR) is 75.2 cm³/mol. The lowest BCUT2D eigenvalue weighted by Gasteiger charge is -2.08. The van der Waals surface area contributed by atoms with Crippen molar-refractivity contribution in [3.63, 3.8) is 0 Å². The quantitative estimate of drug-likeness (QED) is 0.838. The average molecular weight is 291 g/mol. The number of rotatable bonds is 4. The van der Waals surface area contributed by atoms with Crippen molar-refractivity contribution < 1.29 is 18.7 Å². The molecule has 110 valence electrons. The lowest BCUT2D eigenvalue weighted by atomic mass is 10.3. The van der Waals surface area contributed by atoms with Crippen LogP contribution in [0.4, 0.5) is 15.8 Å². The number of carbonyl (C=O) groups is 2. The number of hydrogen-bond acceptors (Lipinski definition) is 4. The number of carbonyl (C=O) groups excluding carboxylic acids is 2. The molecule has 2 rings (SSSR count). The summed E-state index contributed by atoms with van der Waals surface area (Å²) in [4.78, 5) is 23.5. The molecule has 1 heterocycles. The molecule has 6 nitrogen and oxygen atoms in total. The van der Waals surface area contributed by atoms with Gasteiger partial charge in [-0.2, -0.15) is 0 Å². The molecule has 0 unspecified atom stereocenters. The van der Waals surface area contributed by atoms with Crippen LogP contribution < -0.4 is 11.1 Å². The van der Waals surface area contributed by atoms with E-state index < -0.39 is 5.97 Å². The van der Waals surface area contributed by atoms with Gasteiger partial charge in [-0.1, -0.05) is 0 Å². The Balaban J connectivity index is 2.09. The number of esters is 1. The number of anilines is 2. The molecular formula is C14H14FN3O3. The number of nitrogen functional groups attached to an aromatic ring is 1. The van der Waals surface area contributed by atoms with E-state index in [4.69, 9.17) is 5.73 Å². The number of nitrogens with one attached hydrogen (secondary N) is 1. The predicted octanol–water partition coefficient (Wildman–Crippen LogP) is 1.63. The van der Waals surface area contributed by atoms with Crippen molar-refractivity contribution in [1.29, 1.82) is 0 Å². The summed E-state index contributed by atoms with van der Waals surface area (Å²) in [5, 5.41) is 2.59. The van der Waals surface area contributed by atoms with Crippen molar-refractivity contribution in [2.24, 2.45) is 0 Å². The van der Waals surface area contributed by atoms with Gasteiger partial charge in [-0.25, -0.2) is 9.18 Å². The van der Waals surface area contributed by atoms with Crippen molar-refractivity contribution in [3.05, 3.63) is 48.0 Å². The second-order valence-corrected chi connectivity index (χ2v) is 4.33. The van der Waals surface area contributed by atoms with Crippen molar-refractivity contribution in [1.82, 2.24) is 4.57 Å². The Morgan fingerprint density at radius 1 is 1.33 bits per heavy atom. The third kappa shape index (κ3) is 3.59. The van der Waals surface area contributed by atoms with Crippen molar-refractivity contribution in [3.8, 4) is 0 Å². The van der Waals surface area contributed by atoms with Gasteiger partial charge in [-0.05, 0) is 30.3 Å². The molecule has 3 N–H and O–H groups in total. The third-order valence-corrected chi connectivity index (χ3v) is 2.75. The number of methoxy groups -OCH3 is 1. The Hall–Kier alpha value is -2.83. The summed E-state index contributed by atoms with van der Waals surface area (Å²) in [5.41, 5.74) is 6.61. The average Bonchev–Trinajstić information content (AvgIpc) is 2.81. The molecule has 0 aliphatic rings. The maximum absolute atomic E-state index is 12.8. The van der Waals surface area contributed by atoms with Crippen LogP contribution in [-0.4, -0.2) is 23.6 Å². The summed E-state index contributed by atoms with van der Waals surface area (Å²) in [5.74, 6) is -1.34. The summed E-state index contributed by atoms with van der Waals surface area (Å²) >= 11 is 0. The second-order valence-electron chi connectivity index (χ2n) is 4.33. The third-order valence-electron chi connectivity index (χ3n) is 2.75. The molecule has 0 spiro atoms. The van der Waals surface area contributed by atoms with Crippen LogP contribution in [0.15, 0.2) is 36.5 Å². The van der Waals surface area contributed by atoms with Crippen LogP contribution in [0.1, 0.15) is 10.5 Å². The smallest absolute Gasteiger partial charge is 0.354 e. The van der Waals surface area contributed by atoms with Gasteiger partial charge in [0.15, 0.2) is 0 Å². The normalized spacial score (nSPS) is 10.2. The maximum atomic E-state index is 12.8. The van der Waals surface area contributed by atoms with Crippen molar-refractivity contribution in [2.75, 3.05) is 18.2 Å². The van der Waals surface area contributed by atoms with Gasteiger partial charge in [0.25, 0.3) is 0 Å². The van der Waals surface area contributed by atoms with E-state index in [1.807, 2.05) is 0 Å². The van der Waals surface area contributed by atoms with Gasteiger partial charge in [0.05, 0.1) is 12.8 Å². The lowest BCUT2D eigenvalue weighted by Crippen LogP contribution is -2.21. The number of halogens is 1. The largest absolute Gasteiger partial charge is 0.464 e. The van der Waals surface area contributed by atoms with E-state index in [0.717, 1.165) is 0 Å². The molecular weight excluding hydrogens is 277 g/mol. The highest BCUT2D eigenvalue weighted by molar-refractivity contribution is 5.93. The van der Waals surface area contributed by atoms with E-state index in [-0.39, 0.29) is 24.0 Å². The first-order valence-electron chi connectivity index (χ1n) is 6.09. The standard InChI is InChI=1S/C14H14FN3O3/c1-21-14(20)12-6-10(16)7-18(12)8-13(19)17-11-4-2-9(15)3-5-11/h2-7H,8,16H2,1H3,(H,17,19). The van der Waals surface area contributed by atoms with Crippen LogP contribution in [0.2, 0.25) is 0 Å². The van der Waals surface area contributed by atoms with E-state index in [1.165, 1.54) is 48.2 Å². The molecule has 0 saturated heterocycles. The van der Waals surface area contributed by atoms with Crippen molar-refractivity contribution >= 4 is 23.3 Å². The highest BCUT2D eigenvalue weighted by atomic mass is 19.1. The molecule has 1 aromatic heterocycles. The van der Waals surface area contributed by atoms with Crippen LogP contribution in [0.25, 0.3) is 0 Å². The molecule has 7 heteroatoms. The Morgan fingerprint density at radius 2 is 2.00 bits per heavy atom. The molecule has 1 amide bonds. The summed E-state index contributed by atoms with van der Waals surface area (Å²) < 4.78 is 18.8. The Morgan fingerprint density at radius 3 is 2.62 bits per heavy atom. The fourth-order valence-corrected chi connectivity index (χ4v) is 1.83. The number of nitrogens with two attached hydrogens (primary N) is 1. The first kappa shape index (κ1) is 14.6. The van der Waals surface area contributed by atoms with E-state index in [9.17, 15) is 14.0 Å². The van der Waals surface area contributed by atoms with Crippen LogP contribution in [0.3, 0.4) is 0 Å². The van der Waals surface area contributed by atoms with Gasteiger partial charge in [-0.3, -0.25) is 4.79 Å². The van der Waals surface area contributed by atoms with E-state index in [1.54, 1.807) is 0 Å². The highest BCUT2D eigenvalue weighted by Gasteiger charge is 2.15. The molecule has 0 atom stereocenters. The minimum Gasteiger partial charge on any atom is -0.464 e. The van der Waals surface area contributed by atoms with Crippen molar-refractivity contribution in [2.45, 2.75) is 6.54 Å². The molecule has 2 aromatic rings.